The highest BCUT2D eigenvalue weighted by atomic mass is 16.2. The maximum atomic E-state index is 11.9. The van der Waals surface area contributed by atoms with Crippen LogP contribution in [0.4, 0.5) is 5.69 Å². The molecule has 0 saturated heterocycles. The Morgan fingerprint density at radius 1 is 1.41 bits per heavy atom. The van der Waals surface area contributed by atoms with Gasteiger partial charge in [-0.1, -0.05) is 13.0 Å². The van der Waals surface area contributed by atoms with Crippen LogP contribution >= 0.6 is 0 Å². The van der Waals surface area contributed by atoms with Crippen molar-refractivity contribution >= 4 is 11.6 Å². The van der Waals surface area contributed by atoms with Gasteiger partial charge in [0.05, 0.1) is 5.54 Å². The first-order chi connectivity index (χ1) is 8.03. The molecule has 2 rings (SSSR count). The second-order valence-electron chi connectivity index (χ2n) is 5.06. The largest absolute Gasteiger partial charge is 0.324 e. The molecule has 0 spiro atoms. The van der Waals surface area contributed by atoms with Crippen LogP contribution in [0.1, 0.15) is 37.8 Å². The lowest BCUT2D eigenvalue weighted by Gasteiger charge is -2.21. The molecule has 0 fully saturated rings. The molecule has 0 radical (unpaired) electrons. The highest BCUT2D eigenvalue weighted by molar-refractivity contribution is 5.97. The molecule has 1 amide bonds. The molecular weight excluding hydrogens is 212 g/mol. The number of rotatable bonds is 3. The number of carbonyl (C=O) groups is 1. The van der Waals surface area contributed by atoms with Crippen molar-refractivity contribution < 1.29 is 4.79 Å². The number of hydrogen-bond donors (Lipinski definition) is 2. The van der Waals surface area contributed by atoms with E-state index in [2.05, 4.69) is 17.4 Å². The minimum absolute atomic E-state index is 0.113. The summed E-state index contributed by atoms with van der Waals surface area (Å²) in [6, 6.07) is 6.15. The minimum atomic E-state index is -0.793. The van der Waals surface area contributed by atoms with E-state index in [1.807, 2.05) is 13.0 Å². The number of nitrogens with two attached hydrogens (primary N) is 1. The van der Waals surface area contributed by atoms with Gasteiger partial charge < -0.3 is 11.1 Å². The van der Waals surface area contributed by atoms with Crippen LogP contribution in [0, 0.1) is 0 Å². The zero-order valence-electron chi connectivity index (χ0n) is 10.5. The first kappa shape index (κ1) is 12.1. The number of benzene rings is 1. The summed E-state index contributed by atoms with van der Waals surface area (Å²) in [6.07, 6.45) is 4.12. The number of nitrogens with one attached hydrogen (secondary N) is 1. The third kappa shape index (κ3) is 2.50. The van der Waals surface area contributed by atoms with Gasteiger partial charge in [-0.2, -0.15) is 0 Å². The van der Waals surface area contributed by atoms with Crippen LogP contribution in [0.5, 0.6) is 0 Å². The molecule has 1 aromatic carbocycles. The van der Waals surface area contributed by atoms with E-state index in [0.29, 0.717) is 6.42 Å². The maximum Gasteiger partial charge on any atom is 0.244 e. The number of hydrogen-bond acceptors (Lipinski definition) is 2. The lowest BCUT2D eigenvalue weighted by molar-refractivity contribution is -0.120. The third-order valence-electron chi connectivity index (χ3n) is 3.61. The lowest BCUT2D eigenvalue weighted by Crippen LogP contribution is -2.47. The molecule has 0 bridgehead atoms. The molecule has 1 aliphatic carbocycles. The molecule has 92 valence electrons. The van der Waals surface area contributed by atoms with Crippen molar-refractivity contribution in [3.63, 3.8) is 0 Å². The molecular formula is C14H20N2O. The van der Waals surface area contributed by atoms with E-state index in [1.54, 1.807) is 6.92 Å². The van der Waals surface area contributed by atoms with Gasteiger partial charge in [0.25, 0.3) is 0 Å². The quantitative estimate of drug-likeness (QED) is 0.839. The number of carbonyl (C=O) groups excluding carboxylic acids is 1. The average molecular weight is 232 g/mol. The predicted octanol–water partition coefficient (Wildman–Crippen LogP) is 2.24. The average Bonchev–Trinajstić information content (AvgIpc) is 2.76. The van der Waals surface area contributed by atoms with Gasteiger partial charge in [0.2, 0.25) is 5.91 Å². The topological polar surface area (TPSA) is 55.1 Å². The predicted molar refractivity (Wildman–Crippen MR) is 70.0 cm³/mol. The van der Waals surface area contributed by atoms with Crippen LogP contribution in [0.15, 0.2) is 18.2 Å². The summed E-state index contributed by atoms with van der Waals surface area (Å²) in [6.45, 7) is 3.68. The van der Waals surface area contributed by atoms with Gasteiger partial charge >= 0.3 is 0 Å². The van der Waals surface area contributed by atoms with Crippen molar-refractivity contribution in [3.8, 4) is 0 Å². The van der Waals surface area contributed by atoms with Crippen LogP contribution in [0.3, 0.4) is 0 Å². The Labute approximate surface area is 102 Å². The molecule has 3 N–H and O–H groups in total. The van der Waals surface area contributed by atoms with Gasteiger partial charge in [-0.25, -0.2) is 0 Å². The highest BCUT2D eigenvalue weighted by Crippen LogP contribution is 2.25. The van der Waals surface area contributed by atoms with Crippen molar-refractivity contribution in [2.75, 3.05) is 5.32 Å². The highest BCUT2D eigenvalue weighted by Gasteiger charge is 2.26. The van der Waals surface area contributed by atoms with Gasteiger partial charge in [-0.05, 0) is 55.9 Å². The smallest absolute Gasteiger partial charge is 0.244 e. The van der Waals surface area contributed by atoms with Gasteiger partial charge in [0, 0.05) is 5.69 Å². The maximum absolute atomic E-state index is 11.9. The number of aryl methyl sites for hydroxylation is 2. The van der Waals surface area contributed by atoms with Crippen LogP contribution in [-0.4, -0.2) is 11.4 Å². The minimum Gasteiger partial charge on any atom is -0.324 e. The molecule has 1 unspecified atom stereocenters. The molecule has 0 heterocycles. The van der Waals surface area contributed by atoms with Crippen LogP contribution < -0.4 is 11.1 Å². The van der Waals surface area contributed by atoms with Crippen molar-refractivity contribution in [2.45, 2.75) is 45.1 Å². The molecule has 0 aliphatic heterocycles. The molecule has 3 nitrogen and oxygen atoms in total. The summed E-state index contributed by atoms with van der Waals surface area (Å²) in [4.78, 5) is 11.9. The van der Waals surface area contributed by atoms with Gasteiger partial charge in [-0.15, -0.1) is 0 Å². The van der Waals surface area contributed by atoms with Crippen molar-refractivity contribution in [1.29, 1.82) is 0 Å². The summed E-state index contributed by atoms with van der Waals surface area (Å²) in [7, 11) is 0. The molecule has 3 heteroatoms. The Morgan fingerprint density at radius 3 is 2.82 bits per heavy atom. The fourth-order valence-electron chi connectivity index (χ4n) is 2.08. The van der Waals surface area contributed by atoms with Crippen molar-refractivity contribution in [3.05, 3.63) is 29.3 Å². The zero-order valence-corrected chi connectivity index (χ0v) is 10.5. The van der Waals surface area contributed by atoms with Gasteiger partial charge in [0.1, 0.15) is 0 Å². The third-order valence-corrected chi connectivity index (χ3v) is 3.61. The molecule has 0 aromatic heterocycles. The standard InChI is InChI=1S/C14H20N2O/c1-3-14(2,15)13(17)16-12-8-7-10-5-4-6-11(10)9-12/h7-9H,3-6,15H2,1-2H3,(H,16,17). The summed E-state index contributed by atoms with van der Waals surface area (Å²) in [5, 5.41) is 2.90. The normalized spacial score (nSPS) is 17.4. The fourth-order valence-corrected chi connectivity index (χ4v) is 2.08. The summed E-state index contributed by atoms with van der Waals surface area (Å²) < 4.78 is 0. The number of anilines is 1. The van der Waals surface area contributed by atoms with Gasteiger partial charge in [-0.3, -0.25) is 4.79 Å². The van der Waals surface area contributed by atoms with Crippen LogP contribution in [0.25, 0.3) is 0 Å². The van der Waals surface area contributed by atoms with E-state index >= 15 is 0 Å². The Hall–Kier alpha value is -1.35. The molecule has 17 heavy (non-hydrogen) atoms. The Bertz CT molecular complexity index is 438. The van der Waals surface area contributed by atoms with Crippen molar-refractivity contribution in [2.24, 2.45) is 5.73 Å². The Balaban J connectivity index is 2.12. The molecule has 0 saturated carbocycles. The van der Waals surface area contributed by atoms with E-state index in [4.69, 9.17) is 5.73 Å². The van der Waals surface area contributed by atoms with Gasteiger partial charge in [0.15, 0.2) is 0 Å². The second-order valence-corrected chi connectivity index (χ2v) is 5.06. The second kappa shape index (κ2) is 4.49. The van der Waals surface area contributed by atoms with Crippen LogP contribution in [-0.2, 0) is 17.6 Å². The van der Waals surface area contributed by atoms with E-state index in [-0.39, 0.29) is 5.91 Å². The lowest BCUT2D eigenvalue weighted by atomic mass is 9.99. The van der Waals surface area contributed by atoms with Crippen LogP contribution in [0.2, 0.25) is 0 Å². The SMILES string of the molecule is CCC(C)(N)C(=O)Nc1ccc2c(c1)CCC2. The zero-order chi connectivity index (χ0) is 12.5. The monoisotopic (exact) mass is 232 g/mol. The number of fused-ring (bicyclic) bond motifs is 1. The summed E-state index contributed by atoms with van der Waals surface area (Å²) in [5.41, 5.74) is 8.75. The van der Waals surface area contributed by atoms with E-state index in [1.165, 1.54) is 17.5 Å². The first-order valence-electron chi connectivity index (χ1n) is 6.25. The Kier molecular flexibility index (Phi) is 3.20. The summed E-state index contributed by atoms with van der Waals surface area (Å²) >= 11 is 0. The Morgan fingerprint density at radius 2 is 2.12 bits per heavy atom. The fraction of sp³-hybridized carbons (Fsp3) is 0.500. The molecule has 1 atom stereocenters. The van der Waals surface area contributed by atoms with E-state index in [0.717, 1.165) is 18.5 Å². The van der Waals surface area contributed by atoms with Crippen molar-refractivity contribution in [1.82, 2.24) is 0 Å². The first-order valence-corrected chi connectivity index (χ1v) is 6.25. The summed E-state index contributed by atoms with van der Waals surface area (Å²) in [5.74, 6) is -0.113. The van der Waals surface area contributed by atoms with E-state index in [9.17, 15) is 4.79 Å². The molecule has 1 aromatic rings. The van der Waals surface area contributed by atoms with E-state index < -0.39 is 5.54 Å². The molecule has 1 aliphatic rings. The number of amides is 1.